The molecule has 9 heteroatoms. The van der Waals surface area contributed by atoms with Crippen molar-refractivity contribution in [3.05, 3.63) is 54.0 Å². The zero-order valence-corrected chi connectivity index (χ0v) is 18.5. The molecule has 0 radical (unpaired) electrons. The SMILES string of the molecule is CCC1(C/C=C(\C=C/N)Nc2cc(NC(C)C)nc(-c3cccc(C(F)(F)F)n3)n2)CC1. The predicted octanol–water partition coefficient (Wildman–Crippen LogP) is 5.73. The van der Waals surface area contributed by atoms with Gasteiger partial charge >= 0.3 is 6.18 Å². The number of halogens is 3. The van der Waals surface area contributed by atoms with Crippen molar-refractivity contribution in [1.82, 2.24) is 15.0 Å². The summed E-state index contributed by atoms with van der Waals surface area (Å²) in [5.74, 6) is 1.01. The lowest BCUT2D eigenvalue weighted by Gasteiger charge is -2.15. The van der Waals surface area contributed by atoms with Gasteiger partial charge in [-0.25, -0.2) is 15.0 Å². The average molecular weight is 447 g/mol. The molecule has 0 saturated heterocycles. The van der Waals surface area contributed by atoms with Crippen molar-refractivity contribution in [3.8, 4) is 11.5 Å². The Bertz CT molecular complexity index is 993. The Morgan fingerprint density at radius 2 is 1.91 bits per heavy atom. The van der Waals surface area contributed by atoms with Gasteiger partial charge in [-0.05, 0) is 62.9 Å². The molecule has 6 nitrogen and oxygen atoms in total. The maximum absolute atomic E-state index is 13.1. The van der Waals surface area contributed by atoms with Gasteiger partial charge in [0.1, 0.15) is 23.0 Å². The Balaban J connectivity index is 1.96. The second-order valence-corrected chi connectivity index (χ2v) is 8.37. The Morgan fingerprint density at radius 1 is 1.19 bits per heavy atom. The molecule has 4 N–H and O–H groups in total. The van der Waals surface area contributed by atoms with Gasteiger partial charge in [0, 0.05) is 17.8 Å². The van der Waals surface area contributed by atoms with Crippen LogP contribution in [0.5, 0.6) is 0 Å². The molecule has 0 spiro atoms. The largest absolute Gasteiger partial charge is 0.433 e. The zero-order chi connectivity index (χ0) is 23.4. The van der Waals surface area contributed by atoms with Crippen LogP contribution in [0.1, 0.15) is 52.1 Å². The molecule has 2 aromatic heterocycles. The normalized spacial score (nSPS) is 15.9. The van der Waals surface area contributed by atoms with Crippen molar-refractivity contribution >= 4 is 11.6 Å². The zero-order valence-electron chi connectivity index (χ0n) is 18.5. The second-order valence-electron chi connectivity index (χ2n) is 8.37. The highest BCUT2D eigenvalue weighted by Crippen LogP contribution is 2.52. The molecule has 2 aromatic rings. The van der Waals surface area contributed by atoms with Crippen LogP contribution in [0.25, 0.3) is 11.5 Å². The van der Waals surface area contributed by atoms with Crippen LogP contribution in [-0.2, 0) is 6.18 Å². The van der Waals surface area contributed by atoms with Crippen LogP contribution in [0.2, 0.25) is 0 Å². The van der Waals surface area contributed by atoms with E-state index in [4.69, 9.17) is 5.73 Å². The third-order valence-electron chi connectivity index (χ3n) is 5.44. The van der Waals surface area contributed by atoms with Crippen molar-refractivity contribution in [1.29, 1.82) is 0 Å². The first-order valence-electron chi connectivity index (χ1n) is 10.7. The number of hydrogen-bond donors (Lipinski definition) is 3. The number of aromatic nitrogens is 3. The molecule has 0 aromatic carbocycles. The van der Waals surface area contributed by atoms with Crippen molar-refractivity contribution in [2.75, 3.05) is 10.6 Å². The third-order valence-corrected chi connectivity index (χ3v) is 5.44. The Morgan fingerprint density at radius 3 is 2.50 bits per heavy atom. The smallest absolute Gasteiger partial charge is 0.405 e. The van der Waals surface area contributed by atoms with Crippen LogP contribution in [0.3, 0.4) is 0 Å². The van der Waals surface area contributed by atoms with E-state index in [1.54, 1.807) is 12.1 Å². The van der Waals surface area contributed by atoms with Gasteiger partial charge in [0.25, 0.3) is 0 Å². The summed E-state index contributed by atoms with van der Waals surface area (Å²) < 4.78 is 39.4. The van der Waals surface area contributed by atoms with Gasteiger partial charge in [0.05, 0.1) is 0 Å². The van der Waals surface area contributed by atoms with Gasteiger partial charge in [0.2, 0.25) is 0 Å². The van der Waals surface area contributed by atoms with E-state index in [0.29, 0.717) is 17.1 Å². The standard InChI is InChI=1S/C23H29F3N6/c1-4-22(11-12-22)10-8-16(9-13-27)29-20-14-19(28-15(2)3)31-21(32-20)17-6-5-7-18(30-17)23(24,25)26/h5-9,13-15H,4,10-12,27H2,1-3H3,(H2,28,29,31,32)/b13-9-,16-8+. The molecule has 32 heavy (non-hydrogen) atoms. The van der Waals surface area contributed by atoms with Crippen LogP contribution in [0.15, 0.2) is 48.3 Å². The van der Waals surface area contributed by atoms with E-state index >= 15 is 0 Å². The number of alkyl halides is 3. The maximum Gasteiger partial charge on any atom is 0.433 e. The lowest BCUT2D eigenvalue weighted by molar-refractivity contribution is -0.141. The number of allylic oxidation sites excluding steroid dienone is 2. The van der Waals surface area contributed by atoms with E-state index in [9.17, 15) is 13.2 Å². The topological polar surface area (TPSA) is 88.8 Å². The monoisotopic (exact) mass is 446 g/mol. The summed E-state index contributed by atoms with van der Waals surface area (Å²) in [6, 6.07) is 5.46. The molecule has 1 aliphatic rings. The van der Waals surface area contributed by atoms with E-state index in [1.807, 2.05) is 13.8 Å². The van der Waals surface area contributed by atoms with Gasteiger partial charge in [-0.3, -0.25) is 0 Å². The average Bonchev–Trinajstić information content (AvgIpc) is 3.51. The van der Waals surface area contributed by atoms with Gasteiger partial charge in [-0.2, -0.15) is 13.2 Å². The van der Waals surface area contributed by atoms with E-state index in [2.05, 4.69) is 38.6 Å². The molecule has 172 valence electrons. The van der Waals surface area contributed by atoms with Crippen molar-refractivity contribution in [2.45, 2.75) is 58.7 Å². The number of anilines is 2. The molecule has 1 aliphatic carbocycles. The highest BCUT2D eigenvalue weighted by atomic mass is 19.4. The van der Waals surface area contributed by atoms with Crippen LogP contribution < -0.4 is 16.4 Å². The summed E-state index contributed by atoms with van der Waals surface area (Å²) >= 11 is 0. The van der Waals surface area contributed by atoms with Gasteiger partial charge in [0.15, 0.2) is 5.82 Å². The molecule has 0 bridgehead atoms. The fraction of sp³-hybridized carbons (Fsp3) is 0.435. The summed E-state index contributed by atoms with van der Waals surface area (Å²) in [7, 11) is 0. The van der Waals surface area contributed by atoms with Gasteiger partial charge in [-0.15, -0.1) is 0 Å². The lowest BCUT2D eigenvalue weighted by Crippen LogP contribution is -2.13. The van der Waals surface area contributed by atoms with E-state index in [1.165, 1.54) is 31.2 Å². The molecule has 3 rings (SSSR count). The van der Waals surface area contributed by atoms with Crippen LogP contribution in [0.4, 0.5) is 24.8 Å². The summed E-state index contributed by atoms with van der Waals surface area (Å²) in [5, 5.41) is 6.40. The fourth-order valence-corrected chi connectivity index (χ4v) is 3.33. The number of nitrogens with zero attached hydrogens (tertiary/aromatic N) is 3. The number of nitrogens with one attached hydrogen (secondary N) is 2. The first kappa shape index (κ1) is 23.6. The third kappa shape index (κ3) is 6.21. The molecule has 0 aliphatic heterocycles. The number of rotatable bonds is 9. The lowest BCUT2D eigenvalue weighted by atomic mass is 9.98. The highest BCUT2D eigenvalue weighted by Gasteiger charge is 2.39. The van der Waals surface area contributed by atoms with Crippen LogP contribution in [-0.4, -0.2) is 21.0 Å². The predicted molar refractivity (Wildman–Crippen MR) is 121 cm³/mol. The van der Waals surface area contributed by atoms with E-state index in [0.717, 1.165) is 24.6 Å². The quantitative estimate of drug-likeness (QED) is 0.427. The Hall–Kier alpha value is -3.10. The molecular weight excluding hydrogens is 417 g/mol. The van der Waals surface area contributed by atoms with Crippen molar-refractivity contribution in [2.24, 2.45) is 11.1 Å². The summed E-state index contributed by atoms with van der Waals surface area (Å²) in [4.78, 5) is 12.5. The molecule has 1 fully saturated rings. The second kappa shape index (κ2) is 9.58. The summed E-state index contributed by atoms with van der Waals surface area (Å²) in [6.45, 7) is 6.08. The minimum absolute atomic E-state index is 0.0399. The van der Waals surface area contributed by atoms with E-state index < -0.39 is 11.9 Å². The minimum Gasteiger partial charge on any atom is -0.405 e. The first-order chi connectivity index (χ1) is 15.1. The van der Waals surface area contributed by atoms with E-state index in [-0.39, 0.29) is 17.6 Å². The molecule has 0 atom stereocenters. The molecular formula is C23H29F3N6. The Kier molecular flexibility index (Phi) is 7.06. The molecule has 1 saturated carbocycles. The fourth-order valence-electron chi connectivity index (χ4n) is 3.33. The van der Waals surface area contributed by atoms with Gasteiger partial charge in [-0.1, -0.05) is 25.5 Å². The summed E-state index contributed by atoms with van der Waals surface area (Å²) in [5.41, 5.74) is 5.80. The first-order valence-corrected chi connectivity index (χ1v) is 10.7. The molecule has 2 heterocycles. The number of hydrogen-bond acceptors (Lipinski definition) is 6. The number of nitrogens with two attached hydrogens (primary N) is 1. The molecule has 0 unspecified atom stereocenters. The Labute approximate surface area is 186 Å². The molecule has 0 amide bonds. The maximum atomic E-state index is 13.1. The van der Waals surface area contributed by atoms with Crippen LogP contribution in [0, 0.1) is 5.41 Å². The van der Waals surface area contributed by atoms with Crippen LogP contribution >= 0.6 is 0 Å². The number of pyridine rings is 1. The highest BCUT2D eigenvalue weighted by molar-refractivity contribution is 5.60. The van der Waals surface area contributed by atoms with Crippen molar-refractivity contribution < 1.29 is 13.2 Å². The van der Waals surface area contributed by atoms with Gasteiger partial charge < -0.3 is 16.4 Å². The van der Waals surface area contributed by atoms with Crippen molar-refractivity contribution in [3.63, 3.8) is 0 Å². The summed E-state index contributed by atoms with van der Waals surface area (Å²) in [6.07, 6.45) is 5.16. The minimum atomic E-state index is -4.55.